The number of oxime groups is 1. The molecule has 1 N–H and O–H groups in total. The molecule has 0 aromatic rings. The second-order valence-corrected chi connectivity index (χ2v) is 5.10. The van der Waals surface area contributed by atoms with Crippen LogP contribution in [0, 0.1) is 17.3 Å². The molecule has 0 aromatic heterocycles. The van der Waals surface area contributed by atoms with Crippen LogP contribution in [0.25, 0.3) is 0 Å². The minimum Gasteiger partial charge on any atom is -0.411 e. The summed E-state index contributed by atoms with van der Waals surface area (Å²) in [6, 6.07) is 0. The summed E-state index contributed by atoms with van der Waals surface area (Å²) in [6.45, 7) is 0. The molecule has 0 aromatic carbocycles. The van der Waals surface area contributed by atoms with Gasteiger partial charge in [-0.15, -0.1) is 0 Å². The summed E-state index contributed by atoms with van der Waals surface area (Å²) in [5.74, 6) is 1.48. The van der Waals surface area contributed by atoms with E-state index in [-0.39, 0.29) is 0 Å². The third-order valence-corrected chi connectivity index (χ3v) is 4.63. The van der Waals surface area contributed by atoms with E-state index in [9.17, 15) is 0 Å². The van der Waals surface area contributed by atoms with Gasteiger partial charge in [0.15, 0.2) is 0 Å². The molecule has 0 radical (unpaired) electrons. The lowest BCUT2D eigenvalue weighted by molar-refractivity contribution is 0.101. The Kier molecular flexibility index (Phi) is 1.69. The summed E-state index contributed by atoms with van der Waals surface area (Å²) in [5.41, 5.74) is 1.40. The molecule has 3 saturated carbocycles. The average Bonchev–Trinajstić information content (AvgIpc) is 2.80. The maximum Gasteiger partial charge on any atom is 0.0638 e. The molecule has 78 valence electrons. The Labute approximate surface area is 84.1 Å². The van der Waals surface area contributed by atoms with Crippen molar-refractivity contribution in [3.8, 4) is 0 Å². The number of rotatable bonds is 1. The van der Waals surface area contributed by atoms with Crippen LogP contribution in [-0.4, -0.2) is 24.1 Å². The highest BCUT2D eigenvalue weighted by Crippen LogP contribution is 2.65. The van der Waals surface area contributed by atoms with E-state index in [2.05, 4.69) is 5.16 Å². The van der Waals surface area contributed by atoms with Crippen LogP contribution in [-0.2, 0) is 4.74 Å². The standard InChI is InChI=1S/C11H17NO2/c1-14-8-4-7-5-10(12-13)11(2-3-11)9(7)6-8/h7-9,13H,2-6H2,1H3/b12-10-/t7-,8-,9-/m1/s1. The van der Waals surface area contributed by atoms with E-state index < -0.39 is 0 Å². The van der Waals surface area contributed by atoms with Gasteiger partial charge in [-0.2, -0.15) is 0 Å². The molecule has 3 heteroatoms. The molecule has 0 bridgehead atoms. The molecule has 0 heterocycles. The smallest absolute Gasteiger partial charge is 0.0638 e. The van der Waals surface area contributed by atoms with Crippen LogP contribution in [0.5, 0.6) is 0 Å². The average molecular weight is 195 g/mol. The summed E-state index contributed by atoms with van der Waals surface area (Å²) in [7, 11) is 1.81. The van der Waals surface area contributed by atoms with Crippen molar-refractivity contribution in [1.29, 1.82) is 0 Å². The first-order valence-corrected chi connectivity index (χ1v) is 5.54. The van der Waals surface area contributed by atoms with Gasteiger partial charge in [-0.25, -0.2) is 0 Å². The second-order valence-electron chi connectivity index (χ2n) is 5.10. The lowest BCUT2D eigenvalue weighted by Gasteiger charge is -2.16. The highest BCUT2D eigenvalue weighted by atomic mass is 16.5. The van der Waals surface area contributed by atoms with Gasteiger partial charge in [-0.1, -0.05) is 5.16 Å². The zero-order valence-corrected chi connectivity index (χ0v) is 8.57. The molecule has 0 unspecified atom stereocenters. The van der Waals surface area contributed by atoms with Gasteiger partial charge >= 0.3 is 0 Å². The largest absolute Gasteiger partial charge is 0.411 e. The number of hydrogen-bond acceptors (Lipinski definition) is 3. The number of hydrogen-bond donors (Lipinski definition) is 1. The van der Waals surface area contributed by atoms with Crippen LogP contribution in [0.1, 0.15) is 32.1 Å². The van der Waals surface area contributed by atoms with Crippen LogP contribution in [0.3, 0.4) is 0 Å². The number of fused-ring (bicyclic) bond motifs is 2. The fourth-order valence-corrected chi connectivity index (χ4v) is 3.77. The number of nitrogens with zero attached hydrogens (tertiary/aromatic N) is 1. The van der Waals surface area contributed by atoms with Crippen molar-refractivity contribution in [1.82, 2.24) is 0 Å². The molecule has 3 rings (SSSR count). The molecule has 14 heavy (non-hydrogen) atoms. The van der Waals surface area contributed by atoms with E-state index in [1.165, 1.54) is 25.7 Å². The molecule has 0 saturated heterocycles. The van der Waals surface area contributed by atoms with Crippen molar-refractivity contribution >= 4 is 5.71 Å². The Morgan fingerprint density at radius 2 is 2.21 bits per heavy atom. The van der Waals surface area contributed by atoms with Crippen molar-refractivity contribution in [3.63, 3.8) is 0 Å². The summed E-state index contributed by atoms with van der Waals surface area (Å²) in [4.78, 5) is 0. The highest BCUT2D eigenvalue weighted by Gasteiger charge is 2.63. The van der Waals surface area contributed by atoms with Gasteiger partial charge in [0.05, 0.1) is 11.8 Å². The van der Waals surface area contributed by atoms with Gasteiger partial charge in [-0.05, 0) is 43.9 Å². The predicted octanol–water partition coefficient (Wildman–Crippen LogP) is 2.04. The summed E-state index contributed by atoms with van der Waals surface area (Å²) in [5, 5.41) is 12.5. The van der Waals surface area contributed by atoms with E-state index in [0.717, 1.165) is 24.0 Å². The summed E-state index contributed by atoms with van der Waals surface area (Å²) >= 11 is 0. The van der Waals surface area contributed by atoms with Gasteiger partial charge < -0.3 is 9.94 Å². The molecule has 3 aliphatic rings. The van der Waals surface area contributed by atoms with Crippen LogP contribution in [0.15, 0.2) is 5.16 Å². The van der Waals surface area contributed by atoms with Crippen molar-refractivity contribution < 1.29 is 9.94 Å². The first-order valence-electron chi connectivity index (χ1n) is 5.54. The van der Waals surface area contributed by atoms with Crippen LogP contribution >= 0.6 is 0 Å². The van der Waals surface area contributed by atoms with E-state index in [1.54, 1.807) is 0 Å². The maximum atomic E-state index is 8.98. The minimum atomic E-state index is 0.312. The molecular formula is C11H17NO2. The third-order valence-electron chi connectivity index (χ3n) is 4.63. The van der Waals surface area contributed by atoms with Gasteiger partial charge in [0.25, 0.3) is 0 Å². The Balaban J connectivity index is 1.85. The first-order chi connectivity index (χ1) is 6.80. The maximum absolute atomic E-state index is 8.98. The van der Waals surface area contributed by atoms with Crippen molar-refractivity contribution in [2.24, 2.45) is 22.4 Å². The Hall–Kier alpha value is -0.570. The zero-order chi connectivity index (χ0) is 9.76. The number of ether oxygens (including phenoxy) is 1. The monoisotopic (exact) mass is 195 g/mol. The van der Waals surface area contributed by atoms with Gasteiger partial charge in [-0.3, -0.25) is 0 Å². The lowest BCUT2D eigenvalue weighted by atomic mass is 9.88. The van der Waals surface area contributed by atoms with Gasteiger partial charge in [0.1, 0.15) is 0 Å². The summed E-state index contributed by atoms with van der Waals surface area (Å²) < 4.78 is 5.44. The molecule has 3 nitrogen and oxygen atoms in total. The van der Waals surface area contributed by atoms with E-state index >= 15 is 0 Å². The van der Waals surface area contributed by atoms with Crippen molar-refractivity contribution in [2.75, 3.05) is 7.11 Å². The van der Waals surface area contributed by atoms with Crippen LogP contribution < -0.4 is 0 Å². The second kappa shape index (κ2) is 2.72. The Morgan fingerprint density at radius 3 is 2.79 bits per heavy atom. The minimum absolute atomic E-state index is 0.312. The highest BCUT2D eigenvalue weighted by molar-refractivity contribution is 5.95. The predicted molar refractivity (Wildman–Crippen MR) is 52.5 cm³/mol. The lowest BCUT2D eigenvalue weighted by Crippen LogP contribution is -2.18. The number of methoxy groups -OCH3 is 1. The molecule has 3 atom stereocenters. The molecule has 0 amide bonds. The fourth-order valence-electron chi connectivity index (χ4n) is 3.77. The molecule has 3 fully saturated rings. The quantitative estimate of drug-likeness (QED) is 0.514. The van der Waals surface area contributed by atoms with E-state index in [1.807, 2.05) is 7.11 Å². The van der Waals surface area contributed by atoms with Crippen molar-refractivity contribution in [3.05, 3.63) is 0 Å². The van der Waals surface area contributed by atoms with Crippen molar-refractivity contribution in [2.45, 2.75) is 38.2 Å². The Bertz CT molecular complexity index is 283. The topological polar surface area (TPSA) is 41.8 Å². The van der Waals surface area contributed by atoms with Crippen LogP contribution in [0.4, 0.5) is 0 Å². The van der Waals surface area contributed by atoms with E-state index in [0.29, 0.717) is 11.5 Å². The van der Waals surface area contributed by atoms with E-state index in [4.69, 9.17) is 9.94 Å². The van der Waals surface area contributed by atoms with Gasteiger partial charge in [0.2, 0.25) is 0 Å². The normalized spacial score (nSPS) is 46.1. The molecule has 0 aliphatic heterocycles. The molecule has 3 aliphatic carbocycles. The zero-order valence-electron chi connectivity index (χ0n) is 8.57. The summed E-state index contributed by atoms with van der Waals surface area (Å²) in [6.07, 6.45) is 6.31. The molecule has 1 spiro atoms. The fraction of sp³-hybridized carbons (Fsp3) is 0.909. The Morgan fingerprint density at radius 1 is 1.43 bits per heavy atom. The SMILES string of the molecule is CO[C@@H]1C[C@@H]2C/C(=N/O)C3(CC3)[C@@H]2C1. The molecular weight excluding hydrogens is 178 g/mol. The van der Waals surface area contributed by atoms with Crippen LogP contribution in [0.2, 0.25) is 0 Å². The third kappa shape index (κ3) is 0.937. The first kappa shape index (κ1) is 8.72. The van der Waals surface area contributed by atoms with Gasteiger partial charge in [0, 0.05) is 12.5 Å².